The number of rotatable bonds is 6. The second-order valence-electron chi connectivity index (χ2n) is 8.54. The van der Waals surface area contributed by atoms with Gasteiger partial charge in [0.25, 0.3) is 5.91 Å². The van der Waals surface area contributed by atoms with Crippen molar-refractivity contribution in [1.82, 2.24) is 0 Å². The number of hydrogen-bond acceptors (Lipinski definition) is 5. The zero-order valence-corrected chi connectivity index (χ0v) is 22.2. The lowest BCUT2D eigenvalue weighted by Crippen LogP contribution is -2.27. The number of anilines is 2. The van der Waals surface area contributed by atoms with Crippen LogP contribution in [0, 0.1) is 0 Å². The van der Waals surface area contributed by atoms with Crippen molar-refractivity contribution in [3.05, 3.63) is 106 Å². The number of hydrogen-bond donors (Lipinski definition) is 0. The molecule has 0 saturated carbocycles. The Morgan fingerprint density at radius 3 is 2.42 bits per heavy atom. The molecule has 1 aliphatic heterocycles. The molecule has 0 N–H and O–H groups in total. The fourth-order valence-electron chi connectivity index (χ4n) is 4.01. The van der Waals surface area contributed by atoms with Crippen LogP contribution in [0.1, 0.15) is 11.1 Å². The highest BCUT2D eigenvalue weighted by atomic mass is 35.5. The van der Waals surface area contributed by atoms with Gasteiger partial charge in [0.15, 0.2) is 4.32 Å². The topological polar surface area (TPSA) is 32.8 Å². The molecule has 4 aromatic rings. The summed E-state index contributed by atoms with van der Waals surface area (Å²) in [7, 11) is 3.96. The Bertz CT molecular complexity index is 1480. The maximum absolute atomic E-state index is 13.5. The highest BCUT2D eigenvalue weighted by molar-refractivity contribution is 8.27. The predicted molar refractivity (Wildman–Crippen MR) is 156 cm³/mol. The highest BCUT2D eigenvalue weighted by Crippen LogP contribution is 2.39. The maximum atomic E-state index is 13.5. The summed E-state index contributed by atoms with van der Waals surface area (Å²) >= 11 is 12.9. The lowest BCUT2D eigenvalue weighted by molar-refractivity contribution is -0.113. The minimum atomic E-state index is -0.140. The number of benzene rings is 4. The molecule has 1 saturated heterocycles. The second-order valence-corrected chi connectivity index (χ2v) is 10.7. The fraction of sp³-hybridized carbons (Fsp3) is 0.103. The molecule has 0 bridgehead atoms. The van der Waals surface area contributed by atoms with E-state index in [-0.39, 0.29) is 5.91 Å². The average molecular weight is 531 g/mol. The molecule has 4 nitrogen and oxygen atoms in total. The van der Waals surface area contributed by atoms with E-state index in [2.05, 4.69) is 0 Å². The van der Waals surface area contributed by atoms with Crippen LogP contribution in [-0.4, -0.2) is 24.3 Å². The zero-order valence-electron chi connectivity index (χ0n) is 19.8. The molecular weight excluding hydrogens is 508 g/mol. The molecule has 180 valence electrons. The number of nitrogens with zero attached hydrogens (tertiary/aromatic N) is 2. The number of amides is 1. The molecule has 0 unspecified atom stereocenters. The first-order valence-electron chi connectivity index (χ1n) is 11.3. The summed E-state index contributed by atoms with van der Waals surface area (Å²) < 4.78 is 6.74. The normalized spacial score (nSPS) is 14.6. The number of thioether (sulfide) groups is 1. The number of thiocarbonyl (C=S) groups is 1. The lowest BCUT2D eigenvalue weighted by atomic mass is 10.0. The number of halogens is 1. The van der Waals surface area contributed by atoms with Crippen LogP contribution in [0.2, 0.25) is 5.02 Å². The number of carbonyl (C=O) groups excluding carboxylic acids is 1. The molecule has 4 aromatic carbocycles. The Morgan fingerprint density at radius 2 is 1.69 bits per heavy atom. The van der Waals surface area contributed by atoms with Gasteiger partial charge in [0, 0.05) is 30.4 Å². The van der Waals surface area contributed by atoms with Crippen molar-refractivity contribution in [2.24, 2.45) is 0 Å². The van der Waals surface area contributed by atoms with E-state index in [1.165, 1.54) is 11.8 Å². The molecule has 36 heavy (non-hydrogen) atoms. The van der Waals surface area contributed by atoms with Gasteiger partial charge in [-0.25, -0.2) is 0 Å². The van der Waals surface area contributed by atoms with Gasteiger partial charge >= 0.3 is 0 Å². The summed E-state index contributed by atoms with van der Waals surface area (Å²) in [6.45, 7) is 0.384. The third kappa shape index (κ3) is 4.98. The Kier molecular flexibility index (Phi) is 7.01. The summed E-state index contributed by atoms with van der Waals surface area (Å²) in [5, 5.41) is 2.76. The van der Waals surface area contributed by atoms with E-state index in [1.54, 1.807) is 4.90 Å². The van der Waals surface area contributed by atoms with Crippen LogP contribution in [-0.2, 0) is 11.4 Å². The van der Waals surface area contributed by atoms with Crippen LogP contribution in [0.15, 0.2) is 89.8 Å². The van der Waals surface area contributed by atoms with Crippen LogP contribution in [0.4, 0.5) is 11.4 Å². The van der Waals surface area contributed by atoms with Crippen LogP contribution < -0.4 is 14.5 Å². The molecule has 1 aliphatic rings. The molecule has 1 amide bonds. The van der Waals surface area contributed by atoms with E-state index in [0.717, 1.165) is 33.3 Å². The molecule has 0 aliphatic carbocycles. The van der Waals surface area contributed by atoms with Crippen molar-refractivity contribution in [2.75, 3.05) is 23.9 Å². The fourth-order valence-corrected chi connectivity index (χ4v) is 5.42. The smallest absolute Gasteiger partial charge is 0.270 e. The number of ether oxygens (including phenoxy) is 1. The molecule has 1 fully saturated rings. The van der Waals surface area contributed by atoms with Crippen molar-refractivity contribution in [2.45, 2.75) is 6.61 Å². The minimum Gasteiger partial charge on any atom is -0.488 e. The third-order valence-electron chi connectivity index (χ3n) is 5.93. The summed E-state index contributed by atoms with van der Waals surface area (Å²) in [5.41, 5.74) is 3.66. The van der Waals surface area contributed by atoms with Gasteiger partial charge < -0.3 is 9.64 Å². The highest BCUT2D eigenvalue weighted by Gasteiger charge is 2.33. The largest absolute Gasteiger partial charge is 0.488 e. The van der Waals surface area contributed by atoms with E-state index in [9.17, 15) is 4.79 Å². The van der Waals surface area contributed by atoms with E-state index >= 15 is 0 Å². The number of carbonyl (C=O) groups is 1. The first kappa shape index (κ1) is 24.4. The monoisotopic (exact) mass is 530 g/mol. The third-order valence-corrected chi connectivity index (χ3v) is 7.49. The lowest BCUT2D eigenvalue weighted by Gasteiger charge is -2.17. The Labute approximate surface area is 225 Å². The first-order chi connectivity index (χ1) is 17.4. The maximum Gasteiger partial charge on any atom is 0.270 e. The molecule has 0 atom stereocenters. The average Bonchev–Trinajstić information content (AvgIpc) is 3.17. The molecule has 5 rings (SSSR count). The van der Waals surface area contributed by atoms with Crippen molar-refractivity contribution >= 4 is 74.0 Å². The second kappa shape index (κ2) is 10.3. The van der Waals surface area contributed by atoms with Gasteiger partial charge in [0.2, 0.25) is 0 Å². The van der Waals surface area contributed by atoms with Crippen molar-refractivity contribution in [1.29, 1.82) is 0 Å². The van der Waals surface area contributed by atoms with E-state index < -0.39 is 0 Å². The summed E-state index contributed by atoms with van der Waals surface area (Å²) in [4.78, 5) is 17.6. The zero-order chi connectivity index (χ0) is 25.2. The van der Waals surface area contributed by atoms with Crippen LogP contribution in [0.3, 0.4) is 0 Å². The van der Waals surface area contributed by atoms with Crippen LogP contribution >= 0.6 is 35.6 Å². The van der Waals surface area contributed by atoms with Gasteiger partial charge in [-0.05, 0) is 64.9 Å². The van der Waals surface area contributed by atoms with Crippen molar-refractivity contribution < 1.29 is 9.53 Å². The SMILES string of the molecule is CN(C)c1ccc(N2C(=O)/C(=C\c3c(OCc4ccc(Cl)cc4)ccc4ccccc34)SC2=S)cc1. The Hall–Kier alpha value is -3.32. The van der Waals surface area contributed by atoms with E-state index in [1.807, 2.05) is 110 Å². The molecule has 1 heterocycles. The van der Waals surface area contributed by atoms with Crippen molar-refractivity contribution in [3.63, 3.8) is 0 Å². The summed E-state index contributed by atoms with van der Waals surface area (Å²) in [5.74, 6) is 0.559. The molecule has 0 spiro atoms. The van der Waals surface area contributed by atoms with Gasteiger partial charge in [-0.3, -0.25) is 9.69 Å². The van der Waals surface area contributed by atoms with Crippen LogP contribution in [0.25, 0.3) is 16.8 Å². The van der Waals surface area contributed by atoms with Gasteiger partial charge in [-0.15, -0.1) is 0 Å². The van der Waals surface area contributed by atoms with Gasteiger partial charge in [0.1, 0.15) is 12.4 Å². The van der Waals surface area contributed by atoms with Gasteiger partial charge in [0.05, 0.1) is 10.6 Å². The molecule has 7 heteroatoms. The van der Waals surface area contributed by atoms with E-state index in [4.69, 9.17) is 28.6 Å². The first-order valence-corrected chi connectivity index (χ1v) is 13.0. The standard InChI is InChI=1S/C29H23ClN2O2S2/c1-31(2)22-12-14-23(15-13-22)32-28(33)27(36-29(32)35)17-25-24-6-4-3-5-20(24)9-16-26(25)34-18-19-7-10-21(30)11-8-19/h3-17H,18H2,1-2H3/b27-17+. The molecule has 0 radical (unpaired) electrons. The predicted octanol–water partition coefficient (Wildman–Crippen LogP) is 7.54. The van der Waals surface area contributed by atoms with Gasteiger partial charge in [-0.2, -0.15) is 0 Å². The quantitative estimate of drug-likeness (QED) is 0.190. The Morgan fingerprint density at radius 1 is 0.972 bits per heavy atom. The number of fused-ring (bicyclic) bond motifs is 1. The summed E-state index contributed by atoms with van der Waals surface area (Å²) in [6, 6.07) is 27.4. The van der Waals surface area contributed by atoms with E-state index in [0.29, 0.717) is 26.6 Å². The van der Waals surface area contributed by atoms with Gasteiger partial charge in [-0.1, -0.05) is 78.0 Å². The summed E-state index contributed by atoms with van der Waals surface area (Å²) in [6.07, 6.45) is 1.90. The molecular formula is C29H23ClN2O2S2. The Balaban J connectivity index is 1.49. The molecule has 0 aromatic heterocycles. The minimum absolute atomic E-state index is 0.140. The van der Waals surface area contributed by atoms with Crippen molar-refractivity contribution in [3.8, 4) is 5.75 Å². The van der Waals surface area contributed by atoms with Crippen LogP contribution in [0.5, 0.6) is 5.75 Å².